The van der Waals surface area contributed by atoms with E-state index in [0.29, 0.717) is 24.0 Å². The van der Waals surface area contributed by atoms with Gasteiger partial charge in [0.15, 0.2) is 0 Å². The first-order valence-electron chi connectivity index (χ1n) is 13.8. The summed E-state index contributed by atoms with van der Waals surface area (Å²) in [6.45, 7) is 1.36. The fourth-order valence-corrected chi connectivity index (χ4v) is 5.12. The number of guanidine groups is 1. The first-order chi connectivity index (χ1) is 19.8. The smallest absolute Gasteiger partial charge is 0.370 e. The van der Waals surface area contributed by atoms with E-state index in [2.05, 4.69) is 15.0 Å². The summed E-state index contributed by atoms with van der Waals surface area (Å²) < 4.78 is 81.6. The minimum absolute atomic E-state index is 0.0276. The summed E-state index contributed by atoms with van der Waals surface area (Å²) in [6.07, 6.45) is -3.67. The molecule has 0 atom stereocenters. The van der Waals surface area contributed by atoms with Crippen LogP contribution in [0, 0.1) is 11.8 Å². The Bertz CT molecular complexity index is 1400. The van der Waals surface area contributed by atoms with Crippen molar-refractivity contribution in [3.05, 3.63) is 70.9 Å². The van der Waals surface area contributed by atoms with Crippen LogP contribution in [0.3, 0.4) is 0 Å². The molecule has 226 valence electrons. The Morgan fingerprint density at radius 2 is 1.48 bits per heavy atom. The first kappa shape index (κ1) is 29.7. The van der Waals surface area contributed by atoms with Crippen LogP contribution in [0.5, 0.6) is 0 Å². The molecule has 42 heavy (non-hydrogen) atoms. The number of nitrogens with zero attached hydrogens (tertiary/aromatic N) is 5. The van der Waals surface area contributed by atoms with Crippen LogP contribution in [0.25, 0.3) is 10.9 Å². The second-order valence-corrected chi connectivity index (χ2v) is 11.2. The van der Waals surface area contributed by atoms with Crippen LogP contribution in [0.4, 0.5) is 32.0 Å². The first-order valence-corrected chi connectivity index (χ1v) is 13.8. The molecule has 1 aromatic heterocycles. The molecule has 0 radical (unpaired) electrons. The second-order valence-electron chi connectivity index (χ2n) is 11.2. The van der Waals surface area contributed by atoms with Gasteiger partial charge in [-0.2, -0.15) is 26.3 Å². The van der Waals surface area contributed by atoms with Gasteiger partial charge in [-0.15, -0.1) is 5.10 Å². The topological polar surface area (TPSA) is 87.0 Å². The molecule has 3 aromatic rings. The molecule has 7 nitrogen and oxygen atoms in total. The number of para-hydroxylation sites is 1. The average Bonchev–Trinajstić information content (AvgIpc) is 3.84. The van der Waals surface area contributed by atoms with E-state index in [4.69, 9.17) is 11.6 Å². The van der Waals surface area contributed by atoms with Gasteiger partial charge in [0.25, 0.3) is 0 Å². The number of aromatic nitrogens is 1. The molecule has 0 bridgehead atoms. The highest BCUT2D eigenvalue weighted by Gasteiger charge is 2.37. The van der Waals surface area contributed by atoms with Crippen molar-refractivity contribution in [3.8, 4) is 0 Å². The van der Waals surface area contributed by atoms with Crippen LogP contribution < -0.4 is 16.5 Å². The maximum absolute atomic E-state index is 13.6. The number of halogens is 6. The standard InChI is InChI=1S/C29H33F6N7/c1-40(37)39-27(36)42(16-20-10-22(28(30,31)32)12-23(11-20)29(33,34)35)17-21-13-38-25-5-3-2-4-24(25)26(21)41(14-18-6-7-18)15-19-8-9-19/h2-5,10-13,18-19H,6-9,14-17,37H2,1H3,(H2,36,39). The van der Waals surface area contributed by atoms with Gasteiger partial charge in [0, 0.05) is 50.4 Å². The number of rotatable bonds is 10. The van der Waals surface area contributed by atoms with Gasteiger partial charge in [-0.05, 0) is 67.3 Å². The fourth-order valence-electron chi connectivity index (χ4n) is 5.12. The molecular formula is C29H33F6N7. The van der Waals surface area contributed by atoms with E-state index in [1.807, 2.05) is 24.3 Å². The number of hydrogen-bond acceptors (Lipinski definition) is 5. The van der Waals surface area contributed by atoms with Crippen LogP contribution in [0.2, 0.25) is 0 Å². The Balaban J connectivity index is 1.58. The fraction of sp³-hybridized carbons (Fsp3) is 0.448. The molecule has 2 fully saturated rings. The van der Waals surface area contributed by atoms with Crippen molar-refractivity contribution < 1.29 is 26.3 Å². The molecule has 2 aliphatic rings. The van der Waals surface area contributed by atoms with Gasteiger partial charge in [0.2, 0.25) is 5.96 Å². The quantitative estimate of drug-likeness (QED) is 0.0996. The molecule has 0 amide bonds. The molecule has 0 aliphatic heterocycles. The van der Waals surface area contributed by atoms with Crippen LogP contribution in [0.15, 0.2) is 53.8 Å². The summed E-state index contributed by atoms with van der Waals surface area (Å²) in [5.41, 5.74) is 5.70. The van der Waals surface area contributed by atoms with E-state index >= 15 is 0 Å². The zero-order chi connectivity index (χ0) is 30.2. The summed E-state index contributed by atoms with van der Waals surface area (Å²) in [6, 6.07) is 9.21. The van der Waals surface area contributed by atoms with E-state index in [-0.39, 0.29) is 30.7 Å². The molecular weight excluding hydrogens is 560 g/mol. The number of pyridine rings is 1. The Labute approximate surface area is 239 Å². The molecule has 0 unspecified atom stereocenters. The number of fused-ring (bicyclic) bond motifs is 1. The monoisotopic (exact) mass is 593 g/mol. The molecule has 4 N–H and O–H groups in total. The molecule has 13 heteroatoms. The van der Waals surface area contributed by atoms with Gasteiger partial charge in [0.05, 0.1) is 22.3 Å². The minimum atomic E-state index is -4.97. The van der Waals surface area contributed by atoms with Crippen molar-refractivity contribution in [3.63, 3.8) is 0 Å². The lowest BCUT2D eigenvalue weighted by atomic mass is 10.0. The third kappa shape index (κ3) is 7.36. The highest BCUT2D eigenvalue weighted by atomic mass is 19.4. The molecule has 2 aliphatic carbocycles. The Hall–Kier alpha value is -3.74. The summed E-state index contributed by atoms with van der Waals surface area (Å²) in [4.78, 5) is 8.40. The van der Waals surface area contributed by atoms with Crippen molar-refractivity contribution in [2.45, 2.75) is 51.1 Å². The number of alkyl halides is 6. The van der Waals surface area contributed by atoms with Crippen molar-refractivity contribution in [2.75, 3.05) is 25.0 Å². The van der Waals surface area contributed by atoms with E-state index < -0.39 is 23.5 Å². The zero-order valence-electron chi connectivity index (χ0n) is 23.1. The van der Waals surface area contributed by atoms with Gasteiger partial charge < -0.3 is 15.5 Å². The minimum Gasteiger partial charge on any atom is -0.370 e. The summed E-state index contributed by atoms with van der Waals surface area (Å²) >= 11 is 0. The molecule has 0 spiro atoms. The third-order valence-corrected chi connectivity index (χ3v) is 7.46. The van der Waals surface area contributed by atoms with Crippen molar-refractivity contribution in [1.29, 1.82) is 0 Å². The second kappa shape index (κ2) is 11.5. The lowest BCUT2D eigenvalue weighted by molar-refractivity contribution is -0.143. The maximum Gasteiger partial charge on any atom is 0.416 e. The SMILES string of the molecule is CN(N)/N=C(\N)N(Cc1cc(C(F)(F)F)cc(C(F)(F)F)c1)Cc1cnc2ccccc2c1N(CC1CC1)CC1CC1. The van der Waals surface area contributed by atoms with Crippen molar-refractivity contribution >= 4 is 22.5 Å². The predicted octanol–water partition coefficient (Wildman–Crippen LogP) is 5.94. The zero-order valence-corrected chi connectivity index (χ0v) is 23.1. The van der Waals surface area contributed by atoms with Gasteiger partial charge in [0.1, 0.15) is 0 Å². The third-order valence-electron chi connectivity index (χ3n) is 7.46. The number of hydrazone groups is 1. The lowest BCUT2D eigenvalue weighted by Crippen LogP contribution is -2.40. The summed E-state index contributed by atoms with van der Waals surface area (Å²) in [5, 5.41) is 5.87. The number of benzene rings is 2. The Morgan fingerprint density at radius 1 is 0.905 bits per heavy atom. The number of anilines is 1. The lowest BCUT2D eigenvalue weighted by Gasteiger charge is -2.31. The number of hydrazine groups is 1. The molecule has 0 saturated heterocycles. The number of nitrogens with two attached hydrogens (primary N) is 2. The molecule has 2 aromatic carbocycles. The normalized spacial score (nSPS) is 16.1. The van der Waals surface area contributed by atoms with E-state index in [1.54, 1.807) is 6.20 Å². The highest BCUT2D eigenvalue weighted by molar-refractivity contribution is 5.93. The predicted molar refractivity (Wildman–Crippen MR) is 149 cm³/mol. The largest absolute Gasteiger partial charge is 0.416 e. The number of hydrogen-bond donors (Lipinski definition) is 2. The molecule has 1 heterocycles. The van der Waals surface area contributed by atoms with Crippen LogP contribution in [0.1, 0.15) is 47.9 Å². The van der Waals surface area contributed by atoms with Crippen LogP contribution in [-0.2, 0) is 25.4 Å². The van der Waals surface area contributed by atoms with Gasteiger partial charge in [-0.25, -0.2) is 11.0 Å². The Morgan fingerprint density at radius 3 is 2.00 bits per heavy atom. The van der Waals surface area contributed by atoms with Gasteiger partial charge in [-0.1, -0.05) is 18.2 Å². The van der Waals surface area contributed by atoms with Gasteiger partial charge >= 0.3 is 12.4 Å². The van der Waals surface area contributed by atoms with Crippen molar-refractivity contribution in [1.82, 2.24) is 15.0 Å². The molecule has 5 rings (SSSR count). The maximum atomic E-state index is 13.6. The van der Waals surface area contributed by atoms with Crippen LogP contribution in [-0.4, -0.2) is 41.1 Å². The molecule has 2 saturated carbocycles. The Kier molecular flexibility index (Phi) is 8.15. The highest BCUT2D eigenvalue weighted by Crippen LogP contribution is 2.40. The summed E-state index contributed by atoms with van der Waals surface area (Å²) in [5.74, 6) is 6.66. The van der Waals surface area contributed by atoms with E-state index in [9.17, 15) is 26.3 Å². The average molecular weight is 594 g/mol. The van der Waals surface area contributed by atoms with Crippen LogP contribution >= 0.6 is 0 Å². The van der Waals surface area contributed by atoms with E-state index in [0.717, 1.165) is 66.0 Å². The van der Waals surface area contributed by atoms with Gasteiger partial charge in [-0.3, -0.25) is 4.98 Å². The summed E-state index contributed by atoms with van der Waals surface area (Å²) in [7, 11) is 1.41. The van der Waals surface area contributed by atoms with Crippen molar-refractivity contribution in [2.24, 2.45) is 28.5 Å². The van der Waals surface area contributed by atoms with E-state index in [1.165, 1.54) is 11.9 Å².